The van der Waals surface area contributed by atoms with Crippen LogP contribution in [0.5, 0.6) is 5.75 Å². The van der Waals surface area contributed by atoms with E-state index < -0.39 is 17.9 Å². The van der Waals surface area contributed by atoms with E-state index in [1.165, 1.54) is 12.1 Å². The van der Waals surface area contributed by atoms with E-state index in [9.17, 15) is 22.8 Å². The number of hydrogen-bond donors (Lipinski definition) is 0. The minimum absolute atomic E-state index is 0.142. The Bertz CT molecular complexity index is 443. The molecule has 0 saturated carbocycles. The van der Waals surface area contributed by atoms with Crippen LogP contribution >= 0.6 is 15.9 Å². The van der Waals surface area contributed by atoms with Crippen LogP contribution in [0.4, 0.5) is 13.2 Å². The monoisotopic (exact) mass is 310 g/mol. The third-order valence-electron chi connectivity index (χ3n) is 1.81. The van der Waals surface area contributed by atoms with Crippen LogP contribution in [0, 0.1) is 0 Å². The van der Waals surface area contributed by atoms with Crippen LogP contribution in [0.15, 0.2) is 18.2 Å². The molecular formula is C10H6BrF3O3. The second-order valence-electron chi connectivity index (χ2n) is 2.94. The molecule has 0 aromatic heterocycles. The van der Waals surface area contributed by atoms with Gasteiger partial charge >= 0.3 is 6.36 Å². The fourth-order valence-corrected chi connectivity index (χ4v) is 1.50. The van der Waals surface area contributed by atoms with Crippen LogP contribution in [-0.2, 0) is 0 Å². The van der Waals surface area contributed by atoms with Crippen LogP contribution in [-0.4, -0.2) is 23.8 Å². The Balaban J connectivity index is 3.29. The first-order valence-corrected chi connectivity index (χ1v) is 5.44. The van der Waals surface area contributed by atoms with Crippen LogP contribution < -0.4 is 4.74 Å². The highest BCUT2D eigenvalue weighted by Gasteiger charge is 2.33. The van der Waals surface area contributed by atoms with E-state index in [2.05, 4.69) is 20.7 Å². The molecule has 0 amide bonds. The zero-order valence-corrected chi connectivity index (χ0v) is 9.84. The first-order valence-electron chi connectivity index (χ1n) is 4.32. The maximum atomic E-state index is 12.1. The minimum atomic E-state index is -4.91. The van der Waals surface area contributed by atoms with Crippen LogP contribution in [0.2, 0.25) is 0 Å². The Labute approximate surface area is 103 Å². The summed E-state index contributed by atoms with van der Waals surface area (Å²) in [6, 6.07) is 3.43. The highest BCUT2D eigenvalue weighted by molar-refractivity contribution is 9.09. The van der Waals surface area contributed by atoms with Gasteiger partial charge in [0, 0.05) is 5.56 Å². The van der Waals surface area contributed by atoms with Crippen molar-refractivity contribution in [3.05, 3.63) is 29.3 Å². The number of ether oxygens (including phenoxy) is 1. The van der Waals surface area contributed by atoms with E-state index >= 15 is 0 Å². The van der Waals surface area contributed by atoms with Crippen molar-refractivity contribution < 1.29 is 27.5 Å². The van der Waals surface area contributed by atoms with Gasteiger partial charge in [-0.1, -0.05) is 28.1 Å². The summed E-state index contributed by atoms with van der Waals surface area (Å²) in [4.78, 5) is 22.1. The topological polar surface area (TPSA) is 43.4 Å². The van der Waals surface area contributed by atoms with Crippen molar-refractivity contribution in [2.24, 2.45) is 0 Å². The van der Waals surface area contributed by atoms with E-state index in [0.717, 1.165) is 6.07 Å². The second-order valence-corrected chi connectivity index (χ2v) is 3.50. The smallest absolute Gasteiger partial charge is 0.405 e. The molecule has 0 heterocycles. The third-order valence-corrected chi connectivity index (χ3v) is 2.32. The van der Waals surface area contributed by atoms with Gasteiger partial charge in [0.15, 0.2) is 12.1 Å². The van der Waals surface area contributed by atoms with Gasteiger partial charge in [-0.15, -0.1) is 13.2 Å². The molecule has 0 atom stereocenters. The zero-order valence-electron chi connectivity index (χ0n) is 8.25. The number of halogens is 4. The van der Waals surface area contributed by atoms with Gasteiger partial charge in [-0.05, 0) is 6.07 Å². The number of Topliss-reactive ketones (excluding diaryl/α,β-unsaturated/α-hetero) is 1. The van der Waals surface area contributed by atoms with E-state index in [1.807, 2.05) is 0 Å². The molecule has 0 bridgehead atoms. The summed E-state index contributed by atoms with van der Waals surface area (Å²) < 4.78 is 40.0. The van der Waals surface area contributed by atoms with Gasteiger partial charge in [-0.25, -0.2) is 0 Å². The van der Waals surface area contributed by atoms with E-state index in [0.29, 0.717) is 6.29 Å². The lowest BCUT2D eigenvalue weighted by molar-refractivity contribution is -0.274. The van der Waals surface area contributed by atoms with Crippen LogP contribution in [0.1, 0.15) is 20.7 Å². The second kappa shape index (κ2) is 5.31. The van der Waals surface area contributed by atoms with Crippen LogP contribution in [0.25, 0.3) is 0 Å². The van der Waals surface area contributed by atoms with Crippen molar-refractivity contribution in [1.29, 1.82) is 0 Å². The molecule has 0 aliphatic rings. The summed E-state index contributed by atoms with van der Waals surface area (Å²) in [5.74, 6) is -1.33. The van der Waals surface area contributed by atoms with Gasteiger partial charge in [0.1, 0.15) is 5.75 Å². The van der Waals surface area contributed by atoms with Gasteiger partial charge in [0.05, 0.1) is 10.9 Å². The van der Waals surface area contributed by atoms with Gasteiger partial charge in [-0.3, -0.25) is 9.59 Å². The van der Waals surface area contributed by atoms with Gasteiger partial charge in [0.2, 0.25) is 0 Å². The van der Waals surface area contributed by atoms with Crippen molar-refractivity contribution >= 4 is 28.0 Å². The molecule has 7 heteroatoms. The molecule has 0 N–H and O–H groups in total. The molecule has 0 aliphatic heterocycles. The Morgan fingerprint density at radius 3 is 2.53 bits per heavy atom. The molecule has 0 spiro atoms. The van der Waals surface area contributed by atoms with Gasteiger partial charge in [0.25, 0.3) is 0 Å². The van der Waals surface area contributed by atoms with Gasteiger partial charge < -0.3 is 4.74 Å². The highest BCUT2D eigenvalue weighted by Crippen LogP contribution is 2.28. The molecule has 0 unspecified atom stereocenters. The average Bonchev–Trinajstić information content (AvgIpc) is 2.25. The Morgan fingerprint density at radius 1 is 1.41 bits per heavy atom. The Morgan fingerprint density at radius 2 is 2.06 bits per heavy atom. The summed E-state index contributed by atoms with van der Waals surface area (Å²) in [6.45, 7) is 0. The van der Waals surface area contributed by atoms with Gasteiger partial charge in [-0.2, -0.15) is 0 Å². The minimum Gasteiger partial charge on any atom is -0.405 e. The standard InChI is InChI=1S/C10H6BrF3O3/c11-4-7(16)9-6(5-15)2-1-3-8(9)17-10(12,13)14/h1-3,5H,4H2. The fraction of sp³-hybridized carbons (Fsp3) is 0.200. The third kappa shape index (κ3) is 3.55. The zero-order chi connectivity index (χ0) is 13.1. The van der Waals surface area contributed by atoms with Crippen molar-refractivity contribution in [1.82, 2.24) is 0 Å². The molecule has 1 rings (SSSR count). The molecule has 3 nitrogen and oxygen atoms in total. The van der Waals surface area contributed by atoms with E-state index in [1.54, 1.807) is 0 Å². The van der Waals surface area contributed by atoms with Crippen molar-refractivity contribution in [3.63, 3.8) is 0 Å². The molecular weight excluding hydrogens is 305 g/mol. The largest absolute Gasteiger partial charge is 0.573 e. The number of carbonyl (C=O) groups is 2. The van der Waals surface area contributed by atoms with Crippen molar-refractivity contribution in [3.8, 4) is 5.75 Å². The first kappa shape index (κ1) is 13.7. The summed E-state index contributed by atoms with van der Waals surface area (Å²) in [7, 11) is 0. The van der Waals surface area contributed by atoms with Crippen molar-refractivity contribution in [2.75, 3.05) is 5.33 Å². The normalized spacial score (nSPS) is 11.1. The Hall–Kier alpha value is -1.37. The van der Waals surface area contributed by atoms with E-state index in [-0.39, 0.29) is 16.5 Å². The molecule has 92 valence electrons. The number of carbonyl (C=O) groups excluding carboxylic acids is 2. The predicted octanol–water partition coefficient (Wildman–Crippen LogP) is 2.98. The Kier molecular flexibility index (Phi) is 4.28. The molecule has 0 aliphatic carbocycles. The number of aldehydes is 1. The summed E-state index contributed by atoms with van der Waals surface area (Å²) in [5, 5.41) is -0.202. The number of benzene rings is 1. The molecule has 17 heavy (non-hydrogen) atoms. The number of rotatable bonds is 4. The van der Waals surface area contributed by atoms with E-state index in [4.69, 9.17) is 0 Å². The summed E-state index contributed by atoms with van der Waals surface area (Å²) in [6.07, 6.45) is -4.61. The average molecular weight is 311 g/mol. The lowest BCUT2D eigenvalue weighted by Crippen LogP contribution is -2.20. The molecule has 0 fully saturated rings. The lowest BCUT2D eigenvalue weighted by Gasteiger charge is -2.13. The summed E-state index contributed by atoms with van der Waals surface area (Å²) in [5.41, 5.74) is -0.520. The fourth-order valence-electron chi connectivity index (χ4n) is 1.22. The molecule has 1 aromatic rings. The number of alkyl halides is 4. The van der Waals surface area contributed by atoms with Crippen molar-refractivity contribution in [2.45, 2.75) is 6.36 Å². The maximum Gasteiger partial charge on any atom is 0.573 e. The highest BCUT2D eigenvalue weighted by atomic mass is 79.9. The first-order chi connectivity index (χ1) is 7.89. The predicted molar refractivity (Wildman–Crippen MR) is 56.6 cm³/mol. The maximum absolute atomic E-state index is 12.1. The lowest BCUT2D eigenvalue weighted by atomic mass is 10.0. The molecule has 0 saturated heterocycles. The quantitative estimate of drug-likeness (QED) is 0.488. The molecule has 0 radical (unpaired) electrons. The molecule has 1 aromatic carbocycles. The van der Waals surface area contributed by atoms with Crippen LogP contribution in [0.3, 0.4) is 0 Å². The summed E-state index contributed by atoms with van der Waals surface area (Å²) >= 11 is 2.83. The number of hydrogen-bond acceptors (Lipinski definition) is 3. The number of ketones is 1. The SMILES string of the molecule is O=Cc1cccc(OC(F)(F)F)c1C(=O)CBr.